The number of methoxy groups -OCH3 is 1. The molecular weight excluding hydrogens is 420 g/mol. The van der Waals surface area contributed by atoms with E-state index in [4.69, 9.17) is 4.74 Å². The van der Waals surface area contributed by atoms with Crippen molar-refractivity contribution in [3.05, 3.63) is 41.4 Å². The maximum absolute atomic E-state index is 12.2. The highest BCUT2D eigenvalue weighted by atomic mass is 32.2. The summed E-state index contributed by atoms with van der Waals surface area (Å²) in [5.74, 6) is -1.21. The van der Waals surface area contributed by atoms with Crippen molar-refractivity contribution in [2.75, 3.05) is 26.0 Å². The molecule has 1 aromatic carbocycles. The van der Waals surface area contributed by atoms with Crippen molar-refractivity contribution in [3.8, 4) is 0 Å². The first-order valence-electron chi connectivity index (χ1n) is 8.71. The number of thioether (sulfide) groups is 1. The lowest BCUT2D eigenvalue weighted by molar-refractivity contribution is -0.145. The largest absolute Gasteiger partial charge is 0.466 e. The molecule has 1 amide bonds. The number of esters is 2. The summed E-state index contributed by atoms with van der Waals surface area (Å²) in [6.45, 7) is 1.64. The van der Waals surface area contributed by atoms with Crippen LogP contribution in [-0.2, 0) is 33.9 Å². The first-order chi connectivity index (χ1) is 13.7. The number of benzene rings is 1. The molecule has 0 aliphatic carbocycles. The minimum atomic E-state index is -3.83. The third-order valence-corrected chi connectivity index (χ3v) is 6.44. The van der Waals surface area contributed by atoms with Crippen LogP contribution in [0, 0.1) is 0 Å². The summed E-state index contributed by atoms with van der Waals surface area (Å²) in [5, 5.41) is 0.483. The summed E-state index contributed by atoms with van der Waals surface area (Å²) < 4.78 is 36.4. The maximum Gasteiger partial charge on any atom is 0.333 e. The molecule has 1 N–H and O–H groups in total. The van der Waals surface area contributed by atoms with Crippen molar-refractivity contribution in [1.29, 1.82) is 0 Å². The second-order valence-electron chi connectivity index (χ2n) is 6.02. The van der Waals surface area contributed by atoms with Crippen LogP contribution in [-0.4, -0.2) is 63.2 Å². The lowest BCUT2D eigenvalue weighted by atomic mass is 10.3. The molecule has 29 heavy (non-hydrogen) atoms. The van der Waals surface area contributed by atoms with Gasteiger partial charge in [0, 0.05) is 6.54 Å². The van der Waals surface area contributed by atoms with Gasteiger partial charge in [-0.15, -0.1) is 0 Å². The predicted molar refractivity (Wildman–Crippen MR) is 106 cm³/mol. The molecule has 1 fully saturated rings. The monoisotopic (exact) mass is 442 g/mol. The fourth-order valence-corrected chi connectivity index (χ4v) is 4.57. The molecule has 11 heteroatoms. The molecule has 0 bridgehead atoms. The van der Waals surface area contributed by atoms with E-state index in [2.05, 4.69) is 9.46 Å². The van der Waals surface area contributed by atoms with E-state index in [1.807, 2.05) is 0 Å². The number of rotatable bonds is 9. The maximum atomic E-state index is 12.2. The standard InChI is InChI=1S/C18H22N2O7S2/c1-13(19-29(24,25)14-7-4-3-5-8-14)18(23)27-10-6-9-20-15(21)12-28-16(20)11-17(22)26-2/h3-5,7-8,11,13,19H,6,9-10,12H2,1-2H3/b16-11+/t13-/m0/s1. The average Bonchev–Trinajstić information content (AvgIpc) is 3.04. The van der Waals surface area contributed by atoms with Crippen LogP contribution in [0.2, 0.25) is 0 Å². The molecule has 1 heterocycles. The lowest BCUT2D eigenvalue weighted by Gasteiger charge is -2.17. The Bertz CT molecular complexity index is 885. The number of sulfonamides is 1. The molecule has 1 saturated heterocycles. The van der Waals surface area contributed by atoms with E-state index < -0.39 is 28.0 Å². The van der Waals surface area contributed by atoms with E-state index in [9.17, 15) is 22.8 Å². The number of carbonyl (C=O) groups is 3. The van der Waals surface area contributed by atoms with Crippen molar-refractivity contribution in [2.24, 2.45) is 0 Å². The zero-order valence-electron chi connectivity index (χ0n) is 16.0. The summed E-state index contributed by atoms with van der Waals surface area (Å²) >= 11 is 1.23. The SMILES string of the molecule is COC(=O)/C=C1/SCC(=O)N1CCCOC(=O)[C@H](C)NS(=O)(=O)c1ccccc1. The highest BCUT2D eigenvalue weighted by Crippen LogP contribution is 2.28. The van der Waals surface area contributed by atoms with Crippen LogP contribution in [0.25, 0.3) is 0 Å². The molecule has 9 nitrogen and oxygen atoms in total. The quantitative estimate of drug-likeness (QED) is 0.340. The summed E-state index contributed by atoms with van der Waals surface area (Å²) in [5.41, 5.74) is 0. The Kier molecular flexibility index (Phi) is 8.23. The first kappa shape index (κ1) is 22.9. The second-order valence-corrected chi connectivity index (χ2v) is 8.73. The van der Waals surface area contributed by atoms with E-state index in [1.165, 1.54) is 48.9 Å². The van der Waals surface area contributed by atoms with Crippen LogP contribution in [0.3, 0.4) is 0 Å². The van der Waals surface area contributed by atoms with E-state index in [0.29, 0.717) is 11.4 Å². The molecule has 1 aliphatic heterocycles. The normalized spacial score (nSPS) is 16.7. The molecule has 1 aliphatic rings. The molecule has 1 atom stereocenters. The van der Waals surface area contributed by atoms with Gasteiger partial charge in [-0.3, -0.25) is 9.59 Å². The Morgan fingerprint density at radius 3 is 2.66 bits per heavy atom. The van der Waals surface area contributed by atoms with E-state index in [1.54, 1.807) is 18.2 Å². The Hall–Kier alpha value is -2.37. The molecule has 0 saturated carbocycles. The highest BCUT2D eigenvalue weighted by molar-refractivity contribution is 8.04. The van der Waals surface area contributed by atoms with Crippen molar-refractivity contribution < 1.29 is 32.3 Å². The number of nitrogens with one attached hydrogen (secondary N) is 1. The van der Waals surface area contributed by atoms with Gasteiger partial charge in [0.2, 0.25) is 15.9 Å². The minimum Gasteiger partial charge on any atom is -0.466 e. The number of nitrogens with zero attached hydrogens (tertiary/aromatic N) is 1. The summed E-state index contributed by atoms with van der Waals surface area (Å²) in [6, 6.07) is 6.62. The number of hydrogen-bond acceptors (Lipinski definition) is 8. The van der Waals surface area contributed by atoms with Crippen LogP contribution in [0.1, 0.15) is 13.3 Å². The summed E-state index contributed by atoms with van der Waals surface area (Å²) in [4.78, 5) is 36.8. The fraction of sp³-hybridized carbons (Fsp3) is 0.389. The molecule has 1 aromatic rings. The Morgan fingerprint density at radius 2 is 2.00 bits per heavy atom. The topological polar surface area (TPSA) is 119 Å². The Morgan fingerprint density at radius 1 is 1.31 bits per heavy atom. The predicted octanol–water partition coefficient (Wildman–Crippen LogP) is 0.877. The van der Waals surface area contributed by atoms with Crippen molar-refractivity contribution in [2.45, 2.75) is 24.3 Å². The fourth-order valence-electron chi connectivity index (χ4n) is 2.40. The average molecular weight is 443 g/mol. The third kappa shape index (κ3) is 6.58. The minimum absolute atomic E-state index is 0.00378. The Balaban J connectivity index is 1.81. The third-order valence-electron chi connectivity index (χ3n) is 3.86. The van der Waals surface area contributed by atoms with E-state index in [-0.39, 0.29) is 29.7 Å². The smallest absolute Gasteiger partial charge is 0.333 e. The van der Waals surface area contributed by atoms with Gasteiger partial charge in [0.15, 0.2) is 0 Å². The number of carbonyl (C=O) groups excluding carboxylic acids is 3. The van der Waals surface area contributed by atoms with Gasteiger partial charge in [-0.25, -0.2) is 13.2 Å². The zero-order chi connectivity index (χ0) is 21.4. The van der Waals surface area contributed by atoms with Crippen LogP contribution in [0.4, 0.5) is 0 Å². The van der Waals surface area contributed by atoms with Gasteiger partial charge < -0.3 is 14.4 Å². The van der Waals surface area contributed by atoms with Crippen LogP contribution >= 0.6 is 11.8 Å². The van der Waals surface area contributed by atoms with Crippen molar-refractivity contribution in [3.63, 3.8) is 0 Å². The van der Waals surface area contributed by atoms with Gasteiger partial charge in [-0.05, 0) is 25.5 Å². The molecular formula is C18H22N2O7S2. The summed E-state index contributed by atoms with van der Waals surface area (Å²) in [6.07, 6.45) is 1.57. The second kappa shape index (κ2) is 10.4. The van der Waals surface area contributed by atoms with Gasteiger partial charge in [0.25, 0.3) is 0 Å². The van der Waals surface area contributed by atoms with Gasteiger partial charge in [0.1, 0.15) is 6.04 Å². The lowest BCUT2D eigenvalue weighted by Crippen LogP contribution is -2.39. The van der Waals surface area contributed by atoms with Crippen LogP contribution in [0.15, 0.2) is 46.3 Å². The summed E-state index contributed by atoms with van der Waals surface area (Å²) in [7, 11) is -2.59. The zero-order valence-corrected chi connectivity index (χ0v) is 17.6. The molecule has 2 rings (SSSR count). The molecule has 0 spiro atoms. The number of hydrogen-bond donors (Lipinski definition) is 1. The van der Waals surface area contributed by atoms with Crippen LogP contribution < -0.4 is 4.72 Å². The van der Waals surface area contributed by atoms with Gasteiger partial charge in [-0.1, -0.05) is 30.0 Å². The van der Waals surface area contributed by atoms with Crippen molar-refractivity contribution >= 4 is 39.6 Å². The first-order valence-corrected chi connectivity index (χ1v) is 11.2. The van der Waals surface area contributed by atoms with Gasteiger partial charge in [-0.2, -0.15) is 4.72 Å². The van der Waals surface area contributed by atoms with E-state index in [0.717, 1.165) is 0 Å². The number of amides is 1. The van der Waals surface area contributed by atoms with Crippen molar-refractivity contribution in [1.82, 2.24) is 9.62 Å². The van der Waals surface area contributed by atoms with Gasteiger partial charge in [0.05, 0.1) is 35.5 Å². The molecule has 158 valence electrons. The molecule has 0 unspecified atom stereocenters. The Labute approximate surface area is 173 Å². The van der Waals surface area contributed by atoms with Gasteiger partial charge >= 0.3 is 11.9 Å². The number of ether oxygens (including phenoxy) is 2. The highest BCUT2D eigenvalue weighted by Gasteiger charge is 2.27. The molecule has 0 aromatic heterocycles. The van der Waals surface area contributed by atoms with E-state index >= 15 is 0 Å². The van der Waals surface area contributed by atoms with Crippen LogP contribution in [0.5, 0.6) is 0 Å². The molecule has 0 radical (unpaired) electrons.